The molecule has 1 aliphatic heterocycles. The monoisotopic (exact) mass is 684 g/mol. The number of hydrogen-bond donors (Lipinski definition) is 1. The maximum atomic E-state index is 13.8. The van der Waals surface area contributed by atoms with Crippen molar-refractivity contribution in [3.05, 3.63) is 59.7 Å². The first-order chi connectivity index (χ1) is 22.6. The van der Waals surface area contributed by atoms with Crippen LogP contribution < -0.4 is 4.90 Å². The molecule has 0 saturated carbocycles. The molecule has 0 bridgehead atoms. The number of aromatic nitrogens is 4. The molecule has 262 valence electrons. The molecule has 48 heavy (non-hydrogen) atoms. The standard InChI is InChI=1S/C32H38F6N6O4/c1-4-25-13-27(14-26(5-2)44(25)30(47)48-9-7-6-8-28(45)46)43(29-39-15-21(16-40-29)22-17-41-42(3)19-22)18-20-10-23(31(33,34)35)12-24(11-20)32(36,37)38/h10-12,15-17,19,25-27H,4-9,13-14,18H2,1-3H3,(H,45,46)/t25-,26+,27?. The van der Waals surface area contributed by atoms with E-state index in [1.54, 1.807) is 33.9 Å². The number of aliphatic carboxylic acids is 1. The lowest BCUT2D eigenvalue weighted by Gasteiger charge is -2.47. The summed E-state index contributed by atoms with van der Waals surface area (Å²) in [6.45, 7) is 3.43. The van der Waals surface area contributed by atoms with Crippen LogP contribution in [0.15, 0.2) is 43.0 Å². The molecule has 0 spiro atoms. The Kier molecular flexibility index (Phi) is 11.6. The number of carbonyl (C=O) groups is 2. The predicted molar refractivity (Wildman–Crippen MR) is 163 cm³/mol. The molecule has 16 heteroatoms. The van der Waals surface area contributed by atoms with Crippen molar-refractivity contribution in [2.24, 2.45) is 7.05 Å². The van der Waals surface area contributed by atoms with Crippen molar-refractivity contribution in [1.29, 1.82) is 0 Å². The molecule has 1 amide bonds. The molecule has 4 rings (SSSR count). The number of unbranched alkanes of at least 4 members (excludes halogenated alkanes) is 1. The Hall–Kier alpha value is -4.37. The van der Waals surface area contributed by atoms with E-state index in [1.165, 1.54) is 12.4 Å². The van der Waals surface area contributed by atoms with Crippen LogP contribution in [0.5, 0.6) is 0 Å². The summed E-state index contributed by atoms with van der Waals surface area (Å²) in [7, 11) is 1.74. The molecule has 1 unspecified atom stereocenters. The van der Waals surface area contributed by atoms with Gasteiger partial charge in [-0.25, -0.2) is 14.8 Å². The maximum absolute atomic E-state index is 13.8. The summed E-state index contributed by atoms with van der Waals surface area (Å²) >= 11 is 0. The van der Waals surface area contributed by atoms with E-state index < -0.39 is 41.6 Å². The van der Waals surface area contributed by atoms with Crippen LogP contribution in [0.2, 0.25) is 0 Å². The molecule has 1 aliphatic rings. The van der Waals surface area contributed by atoms with E-state index in [-0.39, 0.29) is 49.2 Å². The van der Waals surface area contributed by atoms with Crippen LogP contribution >= 0.6 is 0 Å². The van der Waals surface area contributed by atoms with Gasteiger partial charge in [-0.1, -0.05) is 13.8 Å². The Bertz CT molecular complexity index is 1500. The van der Waals surface area contributed by atoms with Gasteiger partial charge < -0.3 is 19.6 Å². The van der Waals surface area contributed by atoms with E-state index in [0.717, 1.165) is 5.56 Å². The molecular weight excluding hydrogens is 646 g/mol. The quantitative estimate of drug-likeness (QED) is 0.156. The zero-order chi connectivity index (χ0) is 35.2. The summed E-state index contributed by atoms with van der Waals surface area (Å²) in [5.74, 6) is -0.835. The van der Waals surface area contributed by atoms with Crippen LogP contribution in [0.4, 0.5) is 37.1 Å². The van der Waals surface area contributed by atoms with Crippen molar-refractivity contribution in [3.8, 4) is 11.1 Å². The number of halogens is 6. The highest BCUT2D eigenvalue weighted by atomic mass is 19.4. The van der Waals surface area contributed by atoms with Crippen molar-refractivity contribution in [2.45, 2.75) is 95.8 Å². The van der Waals surface area contributed by atoms with Crippen molar-refractivity contribution in [2.75, 3.05) is 11.5 Å². The number of alkyl halides is 6. The molecule has 0 radical (unpaired) electrons. The second kappa shape index (κ2) is 15.2. The summed E-state index contributed by atoms with van der Waals surface area (Å²) < 4.78 is 89.6. The Morgan fingerprint density at radius 1 is 0.917 bits per heavy atom. The number of benzene rings is 1. The Labute approximate surface area is 273 Å². The number of nitrogens with zero attached hydrogens (tertiary/aromatic N) is 6. The second-order valence-corrected chi connectivity index (χ2v) is 11.8. The minimum atomic E-state index is -5.01. The number of likely N-dealkylation sites (tertiary alicyclic amines) is 1. The van der Waals surface area contributed by atoms with Crippen LogP contribution in [0.1, 0.15) is 75.5 Å². The van der Waals surface area contributed by atoms with Gasteiger partial charge in [0.2, 0.25) is 5.95 Å². The molecule has 3 heterocycles. The first kappa shape index (κ1) is 36.5. The molecule has 2 aromatic heterocycles. The first-order valence-corrected chi connectivity index (χ1v) is 15.6. The second-order valence-electron chi connectivity index (χ2n) is 11.8. The zero-order valence-electron chi connectivity index (χ0n) is 26.8. The van der Waals surface area contributed by atoms with Crippen LogP contribution in [0.25, 0.3) is 11.1 Å². The molecule has 3 aromatic rings. The summed E-state index contributed by atoms with van der Waals surface area (Å²) in [6.07, 6.45) is -1.88. The zero-order valence-corrected chi connectivity index (χ0v) is 26.8. The number of amides is 1. The van der Waals surface area contributed by atoms with E-state index in [2.05, 4.69) is 15.1 Å². The van der Waals surface area contributed by atoms with E-state index in [1.807, 2.05) is 13.8 Å². The average molecular weight is 685 g/mol. The van der Waals surface area contributed by atoms with Crippen LogP contribution in [-0.4, -0.2) is 66.5 Å². The number of rotatable bonds is 12. The van der Waals surface area contributed by atoms with Crippen LogP contribution in [0.3, 0.4) is 0 Å². The lowest BCUT2D eigenvalue weighted by atomic mass is 9.87. The van der Waals surface area contributed by atoms with E-state index in [9.17, 15) is 35.9 Å². The van der Waals surface area contributed by atoms with Gasteiger partial charge in [0.25, 0.3) is 0 Å². The van der Waals surface area contributed by atoms with Gasteiger partial charge >= 0.3 is 24.4 Å². The third-order valence-corrected chi connectivity index (χ3v) is 8.41. The molecule has 0 aliphatic carbocycles. The SMILES string of the molecule is CC[C@@H]1CC(N(Cc2cc(C(F)(F)F)cc(C(F)(F)F)c2)c2ncc(-c3cnn(C)c3)cn2)C[C@H](CC)N1C(=O)OCCCCC(=O)O. The summed E-state index contributed by atoms with van der Waals surface area (Å²) in [6, 6.07) is 0.302. The number of piperidine rings is 1. The average Bonchev–Trinajstić information content (AvgIpc) is 3.47. The van der Waals surface area contributed by atoms with Gasteiger partial charge in [0.1, 0.15) is 0 Å². The Balaban J connectivity index is 1.67. The van der Waals surface area contributed by atoms with Gasteiger partial charge in [-0.2, -0.15) is 31.4 Å². The van der Waals surface area contributed by atoms with Crippen molar-refractivity contribution >= 4 is 18.0 Å². The first-order valence-electron chi connectivity index (χ1n) is 15.6. The number of carboxylic acid groups (broad SMARTS) is 1. The number of hydrogen-bond acceptors (Lipinski definition) is 7. The third kappa shape index (κ3) is 9.16. The van der Waals surface area contributed by atoms with Crippen LogP contribution in [-0.2, 0) is 35.5 Å². The maximum Gasteiger partial charge on any atom is 0.416 e. The third-order valence-electron chi connectivity index (χ3n) is 8.41. The Morgan fingerprint density at radius 3 is 1.98 bits per heavy atom. The molecule has 1 N–H and O–H groups in total. The van der Waals surface area contributed by atoms with Gasteiger partial charge in [0.05, 0.1) is 23.9 Å². The van der Waals surface area contributed by atoms with E-state index >= 15 is 0 Å². The highest BCUT2D eigenvalue weighted by molar-refractivity contribution is 5.69. The number of anilines is 1. The van der Waals surface area contributed by atoms with E-state index in [4.69, 9.17) is 9.84 Å². The number of carboxylic acids is 1. The summed E-state index contributed by atoms with van der Waals surface area (Å²) in [5.41, 5.74) is -1.72. The lowest BCUT2D eigenvalue weighted by molar-refractivity contribution is -0.143. The number of ether oxygens (including phenoxy) is 1. The van der Waals surface area contributed by atoms with Gasteiger partial charge in [0, 0.05) is 67.9 Å². The summed E-state index contributed by atoms with van der Waals surface area (Å²) in [5, 5.41) is 13.0. The molecule has 1 aromatic carbocycles. The number of carbonyl (C=O) groups excluding carboxylic acids is 1. The largest absolute Gasteiger partial charge is 0.481 e. The summed E-state index contributed by atoms with van der Waals surface area (Å²) in [4.78, 5) is 36.3. The fraction of sp³-hybridized carbons (Fsp3) is 0.531. The predicted octanol–water partition coefficient (Wildman–Crippen LogP) is 7.33. The van der Waals surface area contributed by atoms with Gasteiger partial charge in [0.15, 0.2) is 0 Å². The smallest absolute Gasteiger partial charge is 0.416 e. The fourth-order valence-electron chi connectivity index (χ4n) is 6.00. The van der Waals surface area contributed by atoms with Gasteiger partial charge in [-0.05, 0) is 62.3 Å². The van der Waals surface area contributed by atoms with Crippen molar-refractivity contribution in [1.82, 2.24) is 24.6 Å². The minimum Gasteiger partial charge on any atom is -0.481 e. The molecular formula is C32H38F6N6O4. The Morgan fingerprint density at radius 2 is 1.50 bits per heavy atom. The molecule has 10 nitrogen and oxygen atoms in total. The van der Waals surface area contributed by atoms with Crippen molar-refractivity contribution < 1.29 is 45.8 Å². The molecule has 1 fully saturated rings. The van der Waals surface area contributed by atoms with Crippen LogP contribution in [0, 0.1) is 0 Å². The fourth-order valence-corrected chi connectivity index (χ4v) is 6.00. The molecule has 1 saturated heterocycles. The van der Waals surface area contributed by atoms with E-state index in [0.29, 0.717) is 56.2 Å². The minimum absolute atomic E-state index is 0.0409. The lowest BCUT2D eigenvalue weighted by Crippen LogP contribution is -2.57. The van der Waals surface area contributed by atoms with Gasteiger partial charge in [-0.15, -0.1) is 0 Å². The normalized spacial score (nSPS) is 18.5. The highest BCUT2D eigenvalue weighted by Gasteiger charge is 2.41. The number of aryl methyl sites for hydroxylation is 1. The van der Waals surface area contributed by atoms with Crippen molar-refractivity contribution in [3.63, 3.8) is 0 Å². The molecule has 3 atom stereocenters. The van der Waals surface area contributed by atoms with Gasteiger partial charge in [-0.3, -0.25) is 9.48 Å². The topological polar surface area (TPSA) is 114 Å². The highest BCUT2D eigenvalue weighted by Crippen LogP contribution is 2.38.